The van der Waals surface area contributed by atoms with Crippen molar-refractivity contribution < 1.29 is 9.94 Å². The van der Waals surface area contributed by atoms with E-state index in [4.69, 9.17) is 15.7 Å². The lowest BCUT2D eigenvalue weighted by Gasteiger charge is -2.21. The van der Waals surface area contributed by atoms with Gasteiger partial charge in [0.2, 0.25) is 0 Å². The minimum Gasteiger partial charge on any atom is -0.490 e. The van der Waals surface area contributed by atoms with Crippen molar-refractivity contribution in [2.75, 3.05) is 0 Å². The summed E-state index contributed by atoms with van der Waals surface area (Å²) in [7, 11) is 0. The summed E-state index contributed by atoms with van der Waals surface area (Å²) in [6, 6.07) is 8.01. The summed E-state index contributed by atoms with van der Waals surface area (Å²) < 4.78 is 6.14. The van der Waals surface area contributed by atoms with Gasteiger partial charge in [0.15, 0.2) is 0 Å². The Hall–Kier alpha value is -1.71. The van der Waals surface area contributed by atoms with Crippen LogP contribution in [0.3, 0.4) is 0 Å². The molecule has 1 aromatic carbocycles. The van der Waals surface area contributed by atoms with Crippen LogP contribution in [0.1, 0.15) is 44.1 Å². The van der Waals surface area contributed by atoms with Gasteiger partial charge >= 0.3 is 0 Å². The number of ether oxygens (including phenoxy) is 1. The van der Waals surface area contributed by atoms with Gasteiger partial charge in [0.1, 0.15) is 11.6 Å². The van der Waals surface area contributed by atoms with E-state index in [0.29, 0.717) is 11.9 Å². The largest absolute Gasteiger partial charge is 0.490 e. The van der Waals surface area contributed by atoms with Crippen molar-refractivity contribution in [3.63, 3.8) is 0 Å². The van der Waals surface area contributed by atoms with Crippen LogP contribution in [-0.4, -0.2) is 17.1 Å². The number of rotatable bonds is 4. The molecule has 0 heterocycles. The molecule has 3 N–H and O–H groups in total. The highest BCUT2D eigenvalue weighted by atomic mass is 16.5. The second-order valence-electron chi connectivity index (χ2n) is 5.59. The predicted molar refractivity (Wildman–Crippen MR) is 73.6 cm³/mol. The SMILES string of the molecule is N/C(=N\O)C1(c2ccccc2OC2CCCC2)CC1. The van der Waals surface area contributed by atoms with Crippen LogP contribution in [0.2, 0.25) is 0 Å². The molecule has 1 aromatic rings. The van der Waals surface area contributed by atoms with Gasteiger partial charge in [-0.2, -0.15) is 0 Å². The maximum Gasteiger partial charge on any atom is 0.149 e. The van der Waals surface area contributed by atoms with E-state index in [1.54, 1.807) is 0 Å². The van der Waals surface area contributed by atoms with E-state index in [0.717, 1.165) is 37.0 Å². The molecule has 0 saturated heterocycles. The normalized spacial score (nSPS) is 22.4. The van der Waals surface area contributed by atoms with Crippen molar-refractivity contribution in [2.45, 2.75) is 50.0 Å². The molecule has 0 unspecified atom stereocenters. The van der Waals surface area contributed by atoms with Gasteiger partial charge in [-0.3, -0.25) is 0 Å². The summed E-state index contributed by atoms with van der Waals surface area (Å²) in [4.78, 5) is 0. The molecule has 4 nitrogen and oxygen atoms in total. The minimum atomic E-state index is -0.302. The van der Waals surface area contributed by atoms with E-state index >= 15 is 0 Å². The van der Waals surface area contributed by atoms with Crippen LogP contribution in [0.25, 0.3) is 0 Å². The van der Waals surface area contributed by atoms with Gasteiger partial charge in [-0.05, 0) is 44.6 Å². The topological polar surface area (TPSA) is 67.8 Å². The first-order chi connectivity index (χ1) is 9.26. The third-order valence-electron chi connectivity index (χ3n) is 4.35. The summed E-state index contributed by atoms with van der Waals surface area (Å²) in [5.41, 5.74) is 6.63. The molecule has 4 heteroatoms. The zero-order chi connectivity index (χ0) is 13.3. The predicted octanol–water partition coefficient (Wildman–Crippen LogP) is 2.79. The number of benzene rings is 1. The quantitative estimate of drug-likeness (QED) is 0.378. The van der Waals surface area contributed by atoms with Gasteiger partial charge in [-0.25, -0.2) is 0 Å². The van der Waals surface area contributed by atoms with E-state index in [9.17, 15) is 0 Å². The number of amidine groups is 1. The Bertz CT molecular complexity index is 489. The lowest BCUT2D eigenvalue weighted by atomic mass is 9.94. The zero-order valence-corrected chi connectivity index (χ0v) is 11.0. The van der Waals surface area contributed by atoms with Gasteiger partial charge in [0.25, 0.3) is 0 Å². The molecule has 102 valence electrons. The smallest absolute Gasteiger partial charge is 0.149 e. The van der Waals surface area contributed by atoms with Crippen LogP contribution in [-0.2, 0) is 5.41 Å². The molecule has 0 aromatic heterocycles. The molecule has 2 fully saturated rings. The van der Waals surface area contributed by atoms with E-state index < -0.39 is 0 Å². The number of hydrogen-bond donors (Lipinski definition) is 2. The van der Waals surface area contributed by atoms with Crippen molar-refractivity contribution in [3.05, 3.63) is 29.8 Å². The Morgan fingerprint density at radius 3 is 2.58 bits per heavy atom. The molecule has 2 saturated carbocycles. The Balaban J connectivity index is 1.89. The Kier molecular flexibility index (Phi) is 3.09. The number of hydrogen-bond acceptors (Lipinski definition) is 3. The Labute approximate surface area is 113 Å². The Morgan fingerprint density at radius 1 is 1.26 bits per heavy atom. The van der Waals surface area contributed by atoms with Gasteiger partial charge in [-0.15, -0.1) is 0 Å². The lowest BCUT2D eigenvalue weighted by Crippen LogP contribution is -2.29. The van der Waals surface area contributed by atoms with Crippen molar-refractivity contribution >= 4 is 5.84 Å². The van der Waals surface area contributed by atoms with Crippen LogP contribution in [0, 0.1) is 0 Å². The highest BCUT2D eigenvalue weighted by Crippen LogP contribution is 2.51. The summed E-state index contributed by atoms with van der Waals surface area (Å²) in [6.45, 7) is 0. The van der Waals surface area contributed by atoms with Crippen molar-refractivity contribution in [3.8, 4) is 5.75 Å². The van der Waals surface area contributed by atoms with Gasteiger partial charge < -0.3 is 15.7 Å². The summed E-state index contributed by atoms with van der Waals surface area (Å²) in [5, 5.41) is 12.2. The van der Waals surface area contributed by atoms with Crippen LogP contribution < -0.4 is 10.5 Å². The summed E-state index contributed by atoms with van der Waals surface area (Å²) >= 11 is 0. The van der Waals surface area contributed by atoms with Gasteiger partial charge in [0.05, 0.1) is 11.5 Å². The molecule has 2 aliphatic carbocycles. The second-order valence-corrected chi connectivity index (χ2v) is 5.59. The van der Waals surface area contributed by atoms with Crippen molar-refractivity contribution in [1.82, 2.24) is 0 Å². The van der Waals surface area contributed by atoms with E-state index in [1.807, 2.05) is 24.3 Å². The summed E-state index contributed by atoms with van der Waals surface area (Å²) in [5.74, 6) is 1.20. The maximum atomic E-state index is 8.97. The fourth-order valence-corrected chi connectivity index (χ4v) is 3.03. The zero-order valence-electron chi connectivity index (χ0n) is 11.0. The molecule has 0 bridgehead atoms. The second kappa shape index (κ2) is 4.76. The maximum absolute atomic E-state index is 8.97. The number of para-hydroxylation sites is 1. The third kappa shape index (κ3) is 2.15. The lowest BCUT2D eigenvalue weighted by molar-refractivity contribution is 0.207. The van der Waals surface area contributed by atoms with E-state index in [2.05, 4.69) is 5.16 Å². The number of oxime groups is 1. The molecule has 2 aliphatic rings. The molecule has 19 heavy (non-hydrogen) atoms. The molecule has 0 atom stereocenters. The first kappa shape index (κ1) is 12.3. The molecule has 0 radical (unpaired) electrons. The fourth-order valence-electron chi connectivity index (χ4n) is 3.03. The first-order valence-corrected chi connectivity index (χ1v) is 7.00. The van der Waals surface area contributed by atoms with Crippen LogP contribution in [0.4, 0.5) is 0 Å². The standard InChI is InChI=1S/C15H20N2O2/c16-14(17-18)15(9-10-15)12-7-3-4-8-13(12)19-11-5-1-2-6-11/h3-4,7-8,11,18H,1-2,5-6,9-10H2,(H2,16,17). The molecular formula is C15H20N2O2. The molecule has 3 rings (SSSR count). The van der Waals surface area contributed by atoms with Crippen molar-refractivity contribution in [2.24, 2.45) is 10.9 Å². The number of nitrogens with two attached hydrogens (primary N) is 1. The van der Waals surface area contributed by atoms with Crippen LogP contribution in [0.5, 0.6) is 5.75 Å². The van der Waals surface area contributed by atoms with Crippen LogP contribution in [0.15, 0.2) is 29.4 Å². The van der Waals surface area contributed by atoms with Gasteiger partial charge in [0, 0.05) is 5.56 Å². The molecule has 0 spiro atoms. The Morgan fingerprint density at radius 2 is 1.95 bits per heavy atom. The minimum absolute atomic E-state index is 0.301. The highest BCUT2D eigenvalue weighted by molar-refractivity contribution is 5.94. The number of nitrogens with zero attached hydrogens (tertiary/aromatic N) is 1. The van der Waals surface area contributed by atoms with Crippen LogP contribution >= 0.6 is 0 Å². The fraction of sp³-hybridized carbons (Fsp3) is 0.533. The third-order valence-corrected chi connectivity index (χ3v) is 4.35. The van der Waals surface area contributed by atoms with Crippen molar-refractivity contribution in [1.29, 1.82) is 0 Å². The first-order valence-electron chi connectivity index (χ1n) is 7.00. The van der Waals surface area contributed by atoms with E-state index in [-0.39, 0.29) is 5.41 Å². The average molecular weight is 260 g/mol. The highest BCUT2D eigenvalue weighted by Gasteiger charge is 2.50. The molecule has 0 amide bonds. The average Bonchev–Trinajstić information content (AvgIpc) is 3.10. The summed E-state index contributed by atoms with van der Waals surface area (Å²) in [6.07, 6.45) is 6.93. The van der Waals surface area contributed by atoms with Gasteiger partial charge in [-0.1, -0.05) is 23.4 Å². The van der Waals surface area contributed by atoms with E-state index in [1.165, 1.54) is 12.8 Å². The molecular weight excluding hydrogens is 240 g/mol. The molecule has 0 aliphatic heterocycles. The monoisotopic (exact) mass is 260 g/mol.